The van der Waals surface area contributed by atoms with Crippen LogP contribution in [0.15, 0.2) is 152 Å². The first-order valence-corrected chi connectivity index (χ1v) is 15.7. The maximum Gasteiger partial charge on any atom is 0.0619 e. The van der Waals surface area contributed by atoms with Crippen LogP contribution in [0.4, 0.5) is 0 Å². The average Bonchev–Trinajstić information content (AvgIpc) is 3.62. The number of fused-ring (bicyclic) bond motifs is 15. The number of hydrogen-bond donors (Lipinski definition) is 0. The van der Waals surface area contributed by atoms with Crippen molar-refractivity contribution < 1.29 is 0 Å². The van der Waals surface area contributed by atoms with Crippen LogP contribution in [0.1, 0.15) is 0 Å². The Morgan fingerprint density at radius 3 is 1.62 bits per heavy atom. The summed E-state index contributed by atoms with van der Waals surface area (Å²) >= 11 is 0. The van der Waals surface area contributed by atoms with Gasteiger partial charge in [-0.3, -0.25) is 0 Å². The Kier molecular flexibility index (Phi) is 4.38. The molecule has 0 radical (unpaired) electrons. The van der Waals surface area contributed by atoms with Crippen LogP contribution in [0.3, 0.4) is 0 Å². The van der Waals surface area contributed by atoms with Crippen LogP contribution in [0, 0.1) is 0 Å². The van der Waals surface area contributed by atoms with Crippen LogP contribution in [0.2, 0.25) is 0 Å². The standard InChI is InChI=1S/C44H25N/c1-2-11-28-26(10-1)20-22-38-43-37-19-9-18-36-32-15-6-8-17-34(32)40(42(36)37)25-41(43)45(44(28)38)27-21-23-35-31-14-4-3-12-29(31)30-13-5-7-16-33(30)39(35)24-27/h1-25H. The molecule has 0 N–H and O–H groups in total. The molecule has 11 rings (SSSR count). The molecule has 10 aromatic rings. The van der Waals surface area contributed by atoms with E-state index >= 15 is 0 Å². The van der Waals surface area contributed by atoms with E-state index in [0.717, 1.165) is 0 Å². The van der Waals surface area contributed by atoms with Gasteiger partial charge >= 0.3 is 0 Å². The summed E-state index contributed by atoms with van der Waals surface area (Å²) in [5.74, 6) is 0. The molecule has 0 unspecified atom stereocenters. The van der Waals surface area contributed by atoms with E-state index in [-0.39, 0.29) is 0 Å². The maximum absolute atomic E-state index is 2.54. The molecule has 0 atom stereocenters. The van der Waals surface area contributed by atoms with Gasteiger partial charge in [0.1, 0.15) is 0 Å². The molecule has 1 aliphatic carbocycles. The zero-order valence-electron chi connectivity index (χ0n) is 24.4. The molecule has 1 nitrogen and oxygen atoms in total. The fraction of sp³-hybridized carbons (Fsp3) is 0. The monoisotopic (exact) mass is 567 g/mol. The van der Waals surface area contributed by atoms with Gasteiger partial charge < -0.3 is 4.57 Å². The van der Waals surface area contributed by atoms with Gasteiger partial charge in [0.05, 0.1) is 11.0 Å². The lowest BCUT2D eigenvalue weighted by molar-refractivity contribution is 1.19. The SMILES string of the molecule is c1ccc2c(c1)-c1cccc3c1c-2cc1c3c2ccc3ccccc3c2n1-c1ccc2c3ccccc3c3ccccc3c2c1. The van der Waals surface area contributed by atoms with E-state index in [2.05, 4.69) is 156 Å². The fourth-order valence-electron chi connectivity index (χ4n) is 8.44. The zero-order valence-corrected chi connectivity index (χ0v) is 24.4. The van der Waals surface area contributed by atoms with Crippen molar-refractivity contribution in [1.82, 2.24) is 4.57 Å². The average molecular weight is 568 g/mol. The molecule has 206 valence electrons. The van der Waals surface area contributed by atoms with Gasteiger partial charge in [0.15, 0.2) is 0 Å². The Morgan fingerprint density at radius 1 is 0.311 bits per heavy atom. The highest BCUT2D eigenvalue weighted by Gasteiger charge is 2.26. The molecule has 1 heteroatoms. The Hall–Kier alpha value is -5.92. The van der Waals surface area contributed by atoms with E-state index in [1.165, 1.54) is 104 Å². The van der Waals surface area contributed by atoms with Crippen molar-refractivity contribution in [3.63, 3.8) is 0 Å². The predicted octanol–water partition coefficient (Wildman–Crippen LogP) is 12.2. The summed E-state index contributed by atoms with van der Waals surface area (Å²) in [6.07, 6.45) is 0. The Labute approximate surface area is 259 Å². The molecular formula is C44H25N. The van der Waals surface area contributed by atoms with Crippen LogP contribution in [-0.2, 0) is 0 Å². The van der Waals surface area contributed by atoms with Crippen molar-refractivity contribution >= 4 is 75.7 Å². The fourth-order valence-corrected chi connectivity index (χ4v) is 8.44. The van der Waals surface area contributed by atoms with Gasteiger partial charge in [0.2, 0.25) is 0 Å². The topological polar surface area (TPSA) is 4.93 Å². The molecular weight excluding hydrogens is 542 g/mol. The quantitative estimate of drug-likeness (QED) is 0.174. The normalized spacial score (nSPS) is 12.4. The van der Waals surface area contributed by atoms with E-state index in [4.69, 9.17) is 0 Å². The molecule has 9 aromatic carbocycles. The van der Waals surface area contributed by atoms with Crippen molar-refractivity contribution in [3.05, 3.63) is 152 Å². The van der Waals surface area contributed by atoms with Gasteiger partial charge in [0.25, 0.3) is 0 Å². The minimum absolute atomic E-state index is 1.19. The molecule has 0 spiro atoms. The second-order valence-corrected chi connectivity index (χ2v) is 12.4. The van der Waals surface area contributed by atoms with Crippen LogP contribution >= 0.6 is 0 Å². The van der Waals surface area contributed by atoms with E-state index in [1.807, 2.05) is 0 Å². The molecule has 0 saturated carbocycles. The van der Waals surface area contributed by atoms with E-state index in [9.17, 15) is 0 Å². The van der Waals surface area contributed by atoms with Gasteiger partial charge in [0, 0.05) is 21.8 Å². The summed E-state index contributed by atoms with van der Waals surface area (Å²) in [5, 5.41) is 15.6. The maximum atomic E-state index is 2.54. The van der Waals surface area contributed by atoms with Gasteiger partial charge in [-0.05, 0) is 88.9 Å². The van der Waals surface area contributed by atoms with Crippen LogP contribution in [-0.4, -0.2) is 4.57 Å². The zero-order chi connectivity index (χ0) is 29.2. The number of benzene rings is 9. The van der Waals surface area contributed by atoms with E-state index in [0.29, 0.717) is 0 Å². The third-order valence-electron chi connectivity index (χ3n) is 10.3. The lowest BCUT2D eigenvalue weighted by atomic mass is 9.94. The summed E-state index contributed by atoms with van der Waals surface area (Å²) < 4.78 is 2.54. The molecule has 1 heterocycles. The van der Waals surface area contributed by atoms with E-state index < -0.39 is 0 Å². The summed E-state index contributed by atoms with van der Waals surface area (Å²) in [6, 6.07) is 56.5. The van der Waals surface area contributed by atoms with Crippen molar-refractivity contribution in [2.75, 3.05) is 0 Å². The van der Waals surface area contributed by atoms with E-state index in [1.54, 1.807) is 0 Å². The summed E-state index contributed by atoms with van der Waals surface area (Å²) in [7, 11) is 0. The molecule has 1 aromatic heterocycles. The minimum atomic E-state index is 1.19. The van der Waals surface area contributed by atoms with Gasteiger partial charge in [-0.1, -0.05) is 133 Å². The highest BCUT2D eigenvalue weighted by molar-refractivity contribution is 6.32. The van der Waals surface area contributed by atoms with Crippen molar-refractivity contribution in [1.29, 1.82) is 0 Å². The summed E-state index contributed by atoms with van der Waals surface area (Å²) in [4.78, 5) is 0. The Bertz CT molecular complexity index is 2890. The molecule has 0 saturated heterocycles. The number of nitrogens with zero attached hydrogens (tertiary/aromatic N) is 1. The first-order chi connectivity index (χ1) is 22.3. The lowest BCUT2D eigenvalue weighted by Crippen LogP contribution is -1.95. The largest absolute Gasteiger partial charge is 0.309 e. The number of aromatic nitrogens is 1. The Balaban J connectivity index is 1.36. The van der Waals surface area contributed by atoms with Crippen molar-refractivity contribution in [2.24, 2.45) is 0 Å². The summed E-state index contributed by atoms with van der Waals surface area (Å²) in [5.41, 5.74) is 9.03. The predicted molar refractivity (Wildman–Crippen MR) is 193 cm³/mol. The molecule has 0 bridgehead atoms. The first kappa shape index (κ1) is 23.5. The third-order valence-corrected chi connectivity index (χ3v) is 10.3. The Morgan fingerprint density at radius 2 is 0.867 bits per heavy atom. The third kappa shape index (κ3) is 2.93. The second kappa shape index (κ2) is 8.37. The molecule has 0 fully saturated rings. The molecule has 0 aliphatic heterocycles. The lowest BCUT2D eigenvalue weighted by Gasteiger charge is -2.15. The van der Waals surface area contributed by atoms with Crippen LogP contribution in [0.25, 0.3) is 104 Å². The molecule has 0 amide bonds. The first-order valence-electron chi connectivity index (χ1n) is 15.7. The highest BCUT2D eigenvalue weighted by atomic mass is 15.0. The minimum Gasteiger partial charge on any atom is -0.309 e. The smallest absolute Gasteiger partial charge is 0.0619 e. The van der Waals surface area contributed by atoms with Gasteiger partial charge in [-0.25, -0.2) is 0 Å². The second-order valence-electron chi connectivity index (χ2n) is 12.4. The number of hydrogen-bond acceptors (Lipinski definition) is 0. The highest BCUT2D eigenvalue weighted by Crippen LogP contribution is 2.51. The number of rotatable bonds is 1. The molecule has 45 heavy (non-hydrogen) atoms. The van der Waals surface area contributed by atoms with Crippen LogP contribution in [0.5, 0.6) is 0 Å². The van der Waals surface area contributed by atoms with Gasteiger partial charge in [-0.15, -0.1) is 0 Å². The van der Waals surface area contributed by atoms with Crippen molar-refractivity contribution in [2.45, 2.75) is 0 Å². The molecule has 1 aliphatic rings. The van der Waals surface area contributed by atoms with Gasteiger partial charge in [-0.2, -0.15) is 0 Å². The summed E-state index contributed by atoms with van der Waals surface area (Å²) in [6.45, 7) is 0. The van der Waals surface area contributed by atoms with Crippen LogP contribution < -0.4 is 0 Å². The van der Waals surface area contributed by atoms with Crippen molar-refractivity contribution in [3.8, 4) is 27.9 Å².